The fraction of sp³-hybridized carbons (Fsp3) is 0.474. The first kappa shape index (κ1) is 18.5. The van der Waals surface area contributed by atoms with E-state index < -0.39 is 0 Å². The van der Waals surface area contributed by atoms with E-state index in [1.54, 1.807) is 24.0 Å². The summed E-state index contributed by atoms with van der Waals surface area (Å²) in [6.45, 7) is 2.67. The van der Waals surface area contributed by atoms with Crippen LogP contribution in [0, 0.1) is 0 Å². The van der Waals surface area contributed by atoms with Gasteiger partial charge in [-0.3, -0.25) is 9.59 Å². The van der Waals surface area contributed by atoms with Crippen LogP contribution in [0.1, 0.15) is 45.4 Å². The standard InChI is InChI=1S/C19H25ClN2O2/c1-15(23)22(13-11-16-7-3-2-4-8-16)14-12-19(24)21-18-10-6-5-9-17(18)20/h5-7,9-10H,2-4,8,11-14H2,1H3,(H,21,24). The molecule has 0 saturated heterocycles. The van der Waals surface area contributed by atoms with E-state index in [0.29, 0.717) is 23.8 Å². The molecular weight excluding hydrogens is 324 g/mol. The van der Waals surface area contributed by atoms with Crippen molar-refractivity contribution in [3.05, 3.63) is 40.9 Å². The Morgan fingerprint density at radius 2 is 2.00 bits per heavy atom. The summed E-state index contributed by atoms with van der Waals surface area (Å²) in [6, 6.07) is 7.13. The van der Waals surface area contributed by atoms with Crippen molar-refractivity contribution in [1.29, 1.82) is 0 Å². The van der Waals surface area contributed by atoms with E-state index >= 15 is 0 Å². The molecule has 5 heteroatoms. The molecule has 1 aliphatic carbocycles. The minimum Gasteiger partial charge on any atom is -0.342 e. The number of benzene rings is 1. The number of rotatable bonds is 7. The number of halogens is 1. The first-order chi connectivity index (χ1) is 11.6. The molecule has 0 heterocycles. The highest BCUT2D eigenvalue weighted by Crippen LogP contribution is 2.21. The normalized spacial score (nSPS) is 14.0. The molecule has 1 N–H and O–H groups in total. The molecule has 2 amide bonds. The number of anilines is 1. The van der Waals surface area contributed by atoms with Gasteiger partial charge in [0.2, 0.25) is 11.8 Å². The van der Waals surface area contributed by atoms with Gasteiger partial charge in [-0.1, -0.05) is 35.4 Å². The van der Waals surface area contributed by atoms with E-state index in [2.05, 4.69) is 11.4 Å². The zero-order valence-corrected chi connectivity index (χ0v) is 14.9. The molecule has 0 atom stereocenters. The Balaban J connectivity index is 1.80. The molecule has 0 aromatic heterocycles. The van der Waals surface area contributed by atoms with Gasteiger partial charge in [0.1, 0.15) is 0 Å². The van der Waals surface area contributed by atoms with Crippen molar-refractivity contribution < 1.29 is 9.59 Å². The third kappa shape index (κ3) is 6.00. The lowest BCUT2D eigenvalue weighted by molar-refractivity contribution is -0.129. The van der Waals surface area contributed by atoms with Gasteiger partial charge in [-0.05, 0) is 44.2 Å². The van der Waals surface area contributed by atoms with Crippen molar-refractivity contribution in [1.82, 2.24) is 4.90 Å². The van der Waals surface area contributed by atoms with Crippen molar-refractivity contribution in [2.75, 3.05) is 18.4 Å². The molecule has 0 spiro atoms. The third-order valence-electron chi connectivity index (χ3n) is 4.29. The van der Waals surface area contributed by atoms with Gasteiger partial charge in [-0.2, -0.15) is 0 Å². The molecule has 1 aliphatic rings. The molecule has 2 rings (SSSR count). The molecule has 0 unspecified atom stereocenters. The zero-order chi connectivity index (χ0) is 17.4. The van der Waals surface area contributed by atoms with E-state index in [9.17, 15) is 9.59 Å². The Hall–Kier alpha value is -1.81. The lowest BCUT2D eigenvalue weighted by Gasteiger charge is -2.22. The predicted octanol–water partition coefficient (Wildman–Crippen LogP) is 4.41. The van der Waals surface area contributed by atoms with E-state index in [4.69, 9.17) is 11.6 Å². The minimum absolute atomic E-state index is 0.0111. The number of para-hydroxylation sites is 1. The number of hydrogen-bond donors (Lipinski definition) is 1. The quantitative estimate of drug-likeness (QED) is 0.742. The van der Waals surface area contributed by atoms with Gasteiger partial charge >= 0.3 is 0 Å². The maximum atomic E-state index is 12.1. The van der Waals surface area contributed by atoms with Crippen LogP contribution in [0.3, 0.4) is 0 Å². The van der Waals surface area contributed by atoms with E-state index in [1.165, 1.54) is 18.4 Å². The summed E-state index contributed by atoms with van der Waals surface area (Å²) in [6.07, 6.45) is 8.27. The number of carbonyl (C=O) groups excluding carboxylic acids is 2. The fourth-order valence-corrected chi connectivity index (χ4v) is 3.03. The van der Waals surface area contributed by atoms with Crippen LogP contribution < -0.4 is 5.32 Å². The average molecular weight is 349 g/mol. The number of allylic oxidation sites excluding steroid dienone is 1. The minimum atomic E-state index is -0.133. The van der Waals surface area contributed by atoms with Crippen molar-refractivity contribution in [2.24, 2.45) is 0 Å². The third-order valence-corrected chi connectivity index (χ3v) is 4.62. The highest BCUT2D eigenvalue weighted by molar-refractivity contribution is 6.33. The summed E-state index contributed by atoms with van der Waals surface area (Å²) in [5.41, 5.74) is 2.04. The lowest BCUT2D eigenvalue weighted by Crippen LogP contribution is -2.33. The van der Waals surface area contributed by atoms with Gasteiger partial charge in [0.05, 0.1) is 10.7 Å². The number of carbonyl (C=O) groups is 2. The van der Waals surface area contributed by atoms with Crippen LogP contribution in [0.25, 0.3) is 0 Å². The molecule has 24 heavy (non-hydrogen) atoms. The van der Waals surface area contributed by atoms with E-state index in [1.807, 2.05) is 12.1 Å². The van der Waals surface area contributed by atoms with Crippen LogP contribution in [0.4, 0.5) is 5.69 Å². The van der Waals surface area contributed by atoms with Crippen LogP contribution >= 0.6 is 11.6 Å². The second kappa shape index (κ2) is 9.48. The van der Waals surface area contributed by atoms with Crippen molar-refractivity contribution in [3.8, 4) is 0 Å². The number of nitrogens with zero attached hydrogens (tertiary/aromatic N) is 1. The number of amides is 2. The molecule has 130 valence electrons. The first-order valence-electron chi connectivity index (χ1n) is 8.54. The number of hydrogen-bond acceptors (Lipinski definition) is 2. The average Bonchev–Trinajstić information content (AvgIpc) is 2.57. The van der Waals surface area contributed by atoms with Crippen molar-refractivity contribution in [2.45, 2.75) is 45.4 Å². The second-order valence-corrected chi connectivity index (χ2v) is 6.55. The summed E-state index contributed by atoms with van der Waals surface area (Å²) in [7, 11) is 0. The van der Waals surface area contributed by atoms with Crippen LogP contribution in [0.2, 0.25) is 5.02 Å². The smallest absolute Gasteiger partial charge is 0.226 e. The Morgan fingerprint density at radius 3 is 2.67 bits per heavy atom. The molecule has 0 radical (unpaired) electrons. The molecule has 0 aliphatic heterocycles. The fourth-order valence-electron chi connectivity index (χ4n) is 2.85. The lowest BCUT2D eigenvalue weighted by atomic mass is 9.97. The molecule has 0 fully saturated rings. The SMILES string of the molecule is CC(=O)N(CCC(=O)Nc1ccccc1Cl)CCC1=CCCCC1. The molecule has 4 nitrogen and oxygen atoms in total. The van der Waals surface area contributed by atoms with Gasteiger partial charge in [-0.25, -0.2) is 0 Å². The van der Waals surface area contributed by atoms with Crippen LogP contribution in [0.15, 0.2) is 35.9 Å². The van der Waals surface area contributed by atoms with E-state index in [-0.39, 0.29) is 18.2 Å². The monoisotopic (exact) mass is 348 g/mol. The largest absolute Gasteiger partial charge is 0.342 e. The maximum absolute atomic E-state index is 12.1. The highest BCUT2D eigenvalue weighted by atomic mass is 35.5. The van der Waals surface area contributed by atoms with Gasteiger partial charge < -0.3 is 10.2 Å². The predicted molar refractivity (Wildman–Crippen MR) is 98.1 cm³/mol. The molecule has 0 bridgehead atoms. The van der Waals surface area contributed by atoms with Gasteiger partial charge in [0.25, 0.3) is 0 Å². The highest BCUT2D eigenvalue weighted by Gasteiger charge is 2.13. The molecule has 0 saturated carbocycles. The second-order valence-electron chi connectivity index (χ2n) is 6.14. The van der Waals surface area contributed by atoms with Crippen LogP contribution in [0.5, 0.6) is 0 Å². The summed E-state index contributed by atoms with van der Waals surface area (Å²) in [5.74, 6) is -0.122. The Kier molecular flexibility index (Phi) is 7.32. The Labute approximate surface area is 148 Å². The Morgan fingerprint density at radius 1 is 1.21 bits per heavy atom. The van der Waals surface area contributed by atoms with Gasteiger partial charge in [0.15, 0.2) is 0 Å². The summed E-state index contributed by atoms with van der Waals surface area (Å²) in [5, 5.41) is 3.30. The van der Waals surface area contributed by atoms with Gasteiger partial charge in [0, 0.05) is 26.4 Å². The molecule has 1 aromatic carbocycles. The summed E-state index contributed by atoms with van der Waals surface area (Å²) in [4.78, 5) is 25.6. The topological polar surface area (TPSA) is 49.4 Å². The zero-order valence-electron chi connectivity index (χ0n) is 14.2. The number of nitrogens with one attached hydrogen (secondary N) is 1. The Bertz CT molecular complexity index is 613. The summed E-state index contributed by atoms with van der Waals surface area (Å²) >= 11 is 6.03. The van der Waals surface area contributed by atoms with Crippen molar-refractivity contribution >= 4 is 29.1 Å². The van der Waals surface area contributed by atoms with Crippen LogP contribution in [-0.2, 0) is 9.59 Å². The maximum Gasteiger partial charge on any atom is 0.226 e. The first-order valence-corrected chi connectivity index (χ1v) is 8.92. The van der Waals surface area contributed by atoms with Gasteiger partial charge in [-0.15, -0.1) is 0 Å². The van der Waals surface area contributed by atoms with E-state index in [0.717, 1.165) is 19.3 Å². The summed E-state index contributed by atoms with van der Waals surface area (Å²) < 4.78 is 0. The molecular formula is C19H25ClN2O2. The van der Waals surface area contributed by atoms with Crippen LogP contribution in [-0.4, -0.2) is 29.8 Å². The van der Waals surface area contributed by atoms with Crippen molar-refractivity contribution in [3.63, 3.8) is 0 Å². The molecule has 1 aromatic rings.